The van der Waals surface area contributed by atoms with E-state index in [9.17, 15) is 13.2 Å². The molecule has 0 aliphatic carbocycles. The minimum absolute atomic E-state index is 0.0329. The lowest BCUT2D eigenvalue weighted by Crippen LogP contribution is -2.35. The van der Waals surface area contributed by atoms with Crippen molar-refractivity contribution in [2.75, 3.05) is 25.7 Å². The average molecular weight is 311 g/mol. The van der Waals surface area contributed by atoms with Crippen LogP contribution < -0.4 is 4.74 Å². The molecular weight excluding hydrogens is 290 g/mol. The first kappa shape index (κ1) is 15.8. The topological polar surface area (TPSA) is 63.7 Å². The van der Waals surface area contributed by atoms with E-state index in [1.165, 1.54) is 0 Å². The van der Waals surface area contributed by atoms with Crippen molar-refractivity contribution in [3.63, 3.8) is 0 Å². The first-order valence-electron chi connectivity index (χ1n) is 6.95. The van der Waals surface area contributed by atoms with Crippen molar-refractivity contribution < 1.29 is 17.9 Å². The predicted octanol–water partition coefficient (Wildman–Crippen LogP) is 1.65. The van der Waals surface area contributed by atoms with Crippen molar-refractivity contribution in [2.45, 2.75) is 19.4 Å². The summed E-state index contributed by atoms with van der Waals surface area (Å²) in [6.07, 6.45) is 0.421. The molecule has 0 spiro atoms. The fraction of sp³-hybridized carbons (Fsp3) is 0.533. The number of hydrogen-bond donors (Lipinski definition) is 0. The molecule has 116 valence electrons. The van der Waals surface area contributed by atoms with Crippen LogP contribution in [0.3, 0.4) is 0 Å². The second kappa shape index (κ2) is 6.05. The number of nitrogens with zero attached hydrogens (tertiary/aromatic N) is 1. The fourth-order valence-corrected chi connectivity index (χ4v) is 4.42. The van der Waals surface area contributed by atoms with Gasteiger partial charge in [-0.15, -0.1) is 0 Å². The second-order valence-electron chi connectivity index (χ2n) is 5.47. The molecule has 0 saturated carbocycles. The normalized spacial score (nSPS) is 21.8. The van der Waals surface area contributed by atoms with Crippen LogP contribution in [0.25, 0.3) is 0 Å². The Hall–Kier alpha value is -1.56. The third-order valence-electron chi connectivity index (χ3n) is 4.10. The van der Waals surface area contributed by atoms with Gasteiger partial charge in [-0.1, -0.05) is 18.2 Å². The van der Waals surface area contributed by atoms with Crippen molar-refractivity contribution in [1.82, 2.24) is 4.90 Å². The lowest BCUT2D eigenvalue weighted by Gasteiger charge is -2.28. The Labute approximate surface area is 125 Å². The zero-order valence-electron chi connectivity index (χ0n) is 12.6. The molecular formula is C15H21NO4S. The Balaban J connectivity index is 2.15. The molecule has 2 atom stereocenters. The first-order chi connectivity index (χ1) is 9.85. The number of methoxy groups -OCH3 is 1. The molecule has 1 saturated heterocycles. The zero-order chi connectivity index (χ0) is 15.6. The van der Waals surface area contributed by atoms with Crippen molar-refractivity contribution in [3.8, 4) is 5.75 Å². The maximum Gasteiger partial charge on any atom is 0.226 e. The van der Waals surface area contributed by atoms with E-state index in [2.05, 4.69) is 0 Å². The molecule has 1 fully saturated rings. The Kier molecular flexibility index (Phi) is 4.56. The van der Waals surface area contributed by atoms with E-state index in [0.717, 1.165) is 11.3 Å². The van der Waals surface area contributed by atoms with Crippen molar-refractivity contribution >= 4 is 15.7 Å². The number of amides is 1. The van der Waals surface area contributed by atoms with Gasteiger partial charge >= 0.3 is 0 Å². The number of benzene rings is 1. The van der Waals surface area contributed by atoms with Gasteiger partial charge in [0, 0.05) is 12.6 Å². The van der Waals surface area contributed by atoms with Gasteiger partial charge in [-0.3, -0.25) is 4.79 Å². The maximum atomic E-state index is 12.5. The van der Waals surface area contributed by atoms with Crippen LogP contribution in [0.2, 0.25) is 0 Å². The Morgan fingerprint density at radius 1 is 1.38 bits per heavy atom. The zero-order valence-corrected chi connectivity index (χ0v) is 13.4. The molecule has 1 aliphatic rings. The quantitative estimate of drug-likeness (QED) is 0.848. The molecule has 1 aliphatic heterocycles. The molecule has 0 bridgehead atoms. The summed E-state index contributed by atoms with van der Waals surface area (Å²) < 4.78 is 28.4. The largest absolute Gasteiger partial charge is 0.496 e. The van der Waals surface area contributed by atoms with Crippen LogP contribution in [0, 0.1) is 5.92 Å². The third-order valence-corrected chi connectivity index (χ3v) is 5.87. The molecule has 1 heterocycles. The number of carbonyl (C=O) groups excluding carboxylic acids is 1. The van der Waals surface area contributed by atoms with E-state index in [0.29, 0.717) is 6.42 Å². The lowest BCUT2D eigenvalue weighted by atomic mass is 10.0. The van der Waals surface area contributed by atoms with E-state index < -0.39 is 15.8 Å². The van der Waals surface area contributed by atoms with E-state index in [1.54, 1.807) is 19.1 Å². The third kappa shape index (κ3) is 3.37. The van der Waals surface area contributed by atoms with Gasteiger partial charge in [-0.05, 0) is 19.4 Å². The number of para-hydroxylation sites is 1. The number of rotatable bonds is 4. The molecule has 1 amide bonds. The molecule has 0 unspecified atom stereocenters. The molecule has 2 rings (SSSR count). The summed E-state index contributed by atoms with van der Waals surface area (Å²) in [5.74, 6) is 0.269. The Morgan fingerprint density at radius 2 is 2.05 bits per heavy atom. The molecule has 6 heteroatoms. The summed E-state index contributed by atoms with van der Waals surface area (Å²) in [5.41, 5.74) is 0.914. The van der Waals surface area contributed by atoms with Gasteiger partial charge < -0.3 is 9.64 Å². The van der Waals surface area contributed by atoms with E-state index in [-0.39, 0.29) is 23.5 Å². The summed E-state index contributed by atoms with van der Waals surface area (Å²) >= 11 is 0. The van der Waals surface area contributed by atoms with Gasteiger partial charge in [0.1, 0.15) is 5.75 Å². The molecule has 5 nitrogen and oxygen atoms in total. The van der Waals surface area contributed by atoms with Crippen molar-refractivity contribution in [2.24, 2.45) is 5.92 Å². The summed E-state index contributed by atoms with van der Waals surface area (Å²) in [7, 11) is 0.257. The van der Waals surface area contributed by atoms with Crippen LogP contribution in [0.1, 0.15) is 24.9 Å². The highest BCUT2D eigenvalue weighted by Crippen LogP contribution is 2.30. The molecule has 0 radical (unpaired) electrons. The summed E-state index contributed by atoms with van der Waals surface area (Å²) in [6.45, 7) is 1.92. The minimum Gasteiger partial charge on any atom is -0.496 e. The van der Waals surface area contributed by atoms with Gasteiger partial charge in [0.05, 0.1) is 30.6 Å². The SMILES string of the molecule is COc1ccccc1[C@H](C)N(C)C(=O)[C@H]1CCS(=O)(=O)C1. The van der Waals surface area contributed by atoms with Crippen LogP contribution in [-0.2, 0) is 14.6 Å². The number of carbonyl (C=O) groups is 1. The monoisotopic (exact) mass is 311 g/mol. The highest BCUT2D eigenvalue weighted by atomic mass is 32.2. The van der Waals surface area contributed by atoms with E-state index in [4.69, 9.17) is 4.74 Å². The fourth-order valence-electron chi connectivity index (χ4n) is 2.69. The van der Waals surface area contributed by atoms with Crippen molar-refractivity contribution in [1.29, 1.82) is 0 Å². The van der Waals surface area contributed by atoms with Crippen molar-refractivity contribution in [3.05, 3.63) is 29.8 Å². The smallest absolute Gasteiger partial charge is 0.226 e. The summed E-state index contributed by atoms with van der Waals surface area (Å²) in [6, 6.07) is 7.37. The Morgan fingerprint density at radius 3 is 2.62 bits per heavy atom. The van der Waals surface area contributed by atoms with Gasteiger partial charge in [0.2, 0.25) is 5.91 Å². The van der Waals surface area contributed by atoms with E-state index >= 15 is 0 Å². The van der Waals surface area contributed by atoms with Gasteiger partial charge in [-0.2, -0.15) is 0 Å². The number of sulfone groups is 1. The van der Waals surface area contributed by atoms with Gasteiger partial charge in [0.25, 0.3) is 0 Å². The predicted molar refractivity (Wildman–Crippen MR) is 80.9 cm³/mol. The average Bonchev–Trinajstić information content (AvgIpc) is 2.85. The van der Waals surface area contributed by atoms with E-state index in [1.807, 2.05) is 31.2 Å². The standard InChI is InChI=1S/C15H21NO4S/c1-11(13-6-4-5-7-14(13)20-3)16(2)15(17)12-8-9-21(18,19)10-12/h4-7,11-12H,8-10H2,1-3H3/t11-,12-/m0/s1. The maximum absolute atomic E-state index is 12.5. The summed E-state index contributed by atoms with van der Waals surface area (Å²) in [5, 5.41) is 0. The number of hydrogen-bond acceptors (Lipinski definition) is 4. The van der Waals surface area contributed by atoms with Crippen LogP contribution >= 0.6 is 0 Å². The second-order valence-corrected chi connectivity index (χ2v) is 7.70. The molecule has 0 N–H and O–H groups in total. The van der Waals surface area contributed by atoms with Crippen LogP contribution in [0.4, 0.5) is 0 Å². The van der Waals surface area contributed by atoms with Crippen LogP contribution in [0.15, 0.2) is 24.3 Å². The first-order valence-corrected chi connectivity index (χ1v) is 8.78. The Bertz CT molecular complexity index is 626. The molecule has 0 aromatic heterocycles. The highest BCUT2D eigenvalue weighted by molar-refractivity contribution is 7.91. The minimum atomic E-state index is -3.05. The van der Waals surface area contributed by atoms with Crippen LogP contribution in [-0.4, -0.2) is 44.9 Å². The summed E-state index contributed by atoms with van der Waals surface area (Å²) in [4.78, 5) is 14.1. The van der Waals surface area contributed by atoms with Gasteiger partial charge in [-0.25, -0.2) is 8.42 Å². The number of ether oxygens (including phenoxy) is 1. The molecule has 1 aromatic carbocycles. The van der Waals surface area contributed by atoms with Gasteiger partial charge in [0.15, 0.2) is 9.84 Å². The van der Waals surface area contributed by atoms with Crippen LogP contribution in [0.5, 0.6) is 5.75 Å². The lowest BCUT2D eigenvalue weighted by molar-refractivity contribution is -0.135. The molecule has 1 aromatic rings. The molecule has 21 heavy (non-hydrogen) atoms. The highest BCUT2D eigenvalue weighted by Gasteiger charge is 2.36.